The topological polar surface area (TPSA) is 79.4 Å². The van der Waals surface area contributed by atoms with Crippen molar-refractivity contribution in [2.45, 2.75) is 18.9 Å². The number of benzene rings is 2. The predicted octanol–water partition coefficient (Wildman–Crippen LogP) is 2.70. The Bertz CT molecular complexity index is 1090. The number of piperidine rings is 1. The van der Waals surface area contributed by atoms with Crippen molar-refractivity contribution < 1.29 is 23.9 Å². The van der Waals surface area contributed by atoms with E-state index >= 15 is 0 Å². The first-order valence-corrected chi connectivity index (χ1v) is 12.4. The first kappa shape index (κ1) is 23.5. The van der Waals surface area contributed by atoms with Gasteiger partial charge in [-0.2, -0.15) is 0 Å². The van der Waals surface area contributed by atoms with Gasteiger partial charge in [0.05, 0.1) is 0 Å². The number of rotatable bonds is 3. The van der Waals surface area contributed by atoms with E-state index in [1.54, 1.807) is 40.1 Å². The van der Waals surface area contributed by atoms with E-state index in [4.69, 9.17) is 21.1 Å². The number of carbonyl (C=O) groups is 3. The number of carbonyl (C=O) groups excluding carboxylic acids is 3. The Kier molecular flexibility index (Phi) is 6.81. The van der Waals surface area contributed by atoms with Gasteiger partial charge in [0.25, 0.3) is 11.8 Å². The van der Waals surface area contributed by atoms with Crippen molar-refractivity contribution >= 4 is 29.3 Å². The van der Waals surface area contributed by atoms with Gasteiger partial charge in [0.2, 0.25) is 12.0 Å². The molecule has 9 heteroatoms. The van der Waals surface area contributed by atoms with E-state index < -0.39 is 6.10 Å². The van der Waals surface area contributed by atoms with Crippen molar-refractivity contribution in [2.24, 2.45) is 5.92 Å². The van der Waals surface area contributed by atoms with Crippen LogP contribution in [-0.4, -0.2) is 84.4 Å². The predicted molar refractivity (Wildman–Crippen MR) is 130 cm³/mol. The summed E-state index contributed by atoms with van der Waals surface area (Å²) in [5.41, 5.74) is 0.607. The summed E-state index contributed by atoms with van der Waals surface area (Å²) in [7, 11) is 0. The molecular formula is C26H28ClN3O5. The molecule has 0 N–H and O–H groups in total. The molecule has 3 amide bonds. The lowest BCUT2D eigenvalue weighted by Gasteiger charge is -2.39. The highest BCUT2D eigenvalue weighted by molar-refractivity contribution is 6.30. The van der Waals surface area contributed by atoms with E-state index in [0.29, 0.717) is 74.2 Å². The van der Waals surface area contributed by atoms with Crippen molar-refractivity contribution in [3.63, 3.8) is 0 Å². The van der Waals surface area contributed by atoms with Gasteiger partial charge in [-0.05, 0) is 49.2 Å². The summed E-state index contributed by atoms with van der Waals surface area (Å²) in [6.45, 7) is 3.23. The van der Waals surface area contributed by atoms with Crippen LogP contribution < -0.4 is 9.47 Å². The zero-order valence-corrected chi connectivity index (χ0v) is 20.2. The minimum absolute atomic E-state index is 0.0313. The van der Waals surface area contributed by atoms with Crippen LogP contribution in [0.4, 0.5) is 0 Å². The first-order chi connectivity index (χ1) is 17.0. The van der Waals surface area contributed by atoms with E-state index in [1.165, 1.54) is 0 Å². The second-order valence-electron chi connectivity index (χ2n) is 9.09. The van der Waals surface area contributed by atoms with Gasteiger partial charge in [0, 0.05) is 55.8 Å². The summed E-state index contributed by atoms with van der Waals surface area (Å²) in [4.78, 5) is 44.2. The highest BCUT2D eigenvalue weighted by Gasteiger charge is 2.35. The van der Waals surface area contributed by atoms with Gasteiger partial charge in [-0.1, -0.05) is 23.7 Å². The largest absolute Gasteiger partial charge is 0.485 e. The number of amides is 3. The number of hydrogen-bond acceptors (Lipinski definition) is 5. The molecule has 3 aliphatic rings. The van der Waals surface area contributed by atoms with Crippen LogP contribution in [0, 0.1) is 5.92 Å². The Morgan fingerprint density at radius 2 is 1.34 bits per heavy atom. The second-order valence-corrected chi connectivity index (χ2v) is 9.52. The average molecular weight is 498 g/mol. The molecule has 0 aromatic heterocycles. The Labute approximate surface area is 209 Å². The number of ether oxygens (including phenoxy) is 2. The molecule has 0 bridgehead atoms. The van der Waals surface area contributed by atoms with Crippen LogP contribution >= 0.6 is 11.6 Å². The smallest absolute Gasteiger partial charge is 0.267 e. The SMILES string of the molecule is O=C(c1ccc(Cl)cc1)N1CCC(C(=O)N2CCN(C(=O)[C@H]3COc4ccccc4O3)CC2)CC1. The van der Waals surface area contributed by atoms with Crippen molar-refractivity contribution in [2.75, 3.05) is 45.9 Å². The number of halogens is 1. The van der Waals surface area contributed by atoms with Crippen LogP contribution in [0.25, 0.3) is 0 Å². The van der Waals surface area contributed by atoms with Crippen LogP contribution in [0.5, 0.6) is 11.5 Å². The molecule has 35 heavy (non-hydrogen) atoms. The third-order valence-corrected chi connectivity index (χ3v) is 7.16. The molecule has 0 aliphatic carbocycles. The second kappa shape index (κ2) is 10.2. The normalized spacial score (nSPS) is 20.5. The molecule has 2 aromatic rings. The maximum absolute atomic E-state index is 13.1. The summed E-state index contributed by atoms with van der Waals surface area (Å²) in [6, 6.07) is 14.2. The van der Waals surface area contributed by atoms with Gasteiger partial charge >= 0.3 is 0 Å². The molecule has 0 spiro atoms. The number of para-hydroxylation sites is 2. The standard InChI is InChI=1S/C26H28ClN3O5/c27-20-7-5-18(6-8-20)24(31)28-11-9-19(10-12-28)25(32)29-13-15-30(16-14-29)26(33)23-17-34-21-3-1-2-4-22(21)35-23/h1-8,19,23H,9-17H2/t23-/m1/s1. The molecule has 5 rings (SSSR count). The lowest BCUT2D eigenvalue weighted by atomic mass is 9.94. The minimum atomic E-state index is -0.672. The molecule has 1 atom stereocenters. The highest BCUT2D eigenvalue weighted by Crippen LogP contribution is 2.31. The third-order valence-electron chi connectivity index (χ3n) is 6.91. The van der Waals surface area contributed by atoms with Crippen molar-refractivity contribution in [1.82, 2.24) is 14.7 Å². The molecule has 0 saturated carbocycles. The maximum Gasteiger partial charge on any atom is 0.267 e. The molecule has 0 radical (unpaired) electrons. The van der Waals surface area contributed by atoms with Crippen LogP contribution in [0.15, 0.2) is 48.5 Å². The van der Waals surface area contributed by atoms with Gasteiger partial charge in [-0.3, -0.25) is 14.4 Å². The summed E-state index contributed by atoms with van der Waals surface area (Å²) >= 11 is 5.91. The zero-order valence-electron chi connectivity index (χ0n) is 19.4. The van der Waals surface area contributed by atoms with E-state index in [-0.39, 0.29) is 30.2 Å². The molecule has 3 aliphatic heterocycles. The monoisotopic (exact) mass is 497 g/mol. The number of nitrogens with zero attached hydrogens (tertiary/aromatic N) is 3. The van der Waals surface area contributed by atoms with E-state index in [0.717, 1.165) is 0 Å². The third kappa shape index (κ3) is 5.07. The van der Waals surface area contributed by atoms with Crippen LogP contribution in [0.2, 0.25) is 5.02 Å². The molecular weight excluding hydrogens is 470 g/mol. The molecule has 8 nitrogen and oxygen atoms in total. The molecule has 3 heterocycles. The fourth-order valence-corrected chi connectivity index (χ4v) is 4.98. The lowest BCUT2D eigenvalue weighted by molar-refractivity contribution is -0.148. The Hall–Kier alpha value is -3.26. The number of piperazine rings is 1. The van der Waals surface area contributed by atoms with E-state index in [2.05, 4.69) is 0 Å². The average Bonchev–Trinajstić information content (AvgIpc) is 2.92. The maximum atomic E-state index is 13.1. The summed E-state index contributed by atoms with van der Waals surface area (Å²) in [5, 5.41) is 0.595. The van der Waals surface area contributed by atoms with E-state index in [9.17, 15) is 14.4 Å². The first-order valence-electron chi connectivity index (χ1n) is 12.0. The van der Waals surface area contributed by atoms with Crippen LogP contribution in [0.1, 0.15) is 23.2 Å². The highest BCUT2D eigenvalue weighted by atomic mass is 35.5. The van der Waals surface area contributed by atoms with Gasteiger partial charge in [-0.25, -0.2) is 0 Å². The number of hydrogen-bond donors (Lipinski definition) is 0. The Morgan fingerprint density at radius 1 is 0.743 bits per heavy atom. The van der Waals surface area contributed by atoms with Gasteiger partial charge in [0.15, 0.2) is 11.5 Å². The quantitative estimate of drug-likeness (QED) is 0.651. The Morgan fingerprint density at radius 3 is 2.00 bits per heavy atom. The van der Waals surface area contributed by atoms with Crippen molar-refractivity contribution in [3.8, 4) is 11.5 Å². The fourth-order valence-electron chi connectivity index (χ4n) is 4.85. The summed E-state index contributed by atoms with van der Waals surface area (Å²) in [5.74, 6) is 1.09. The molecule has 184 valence electrons. The fraction of sp³-hybridized carbons (Fsp3) is 0.423. The van der Waals surface area contributed by atoms with Crippen LogP contribution in [0.3, 0.4) is 0 Å². The van der Waals surface area contributed by atoms with Crippen LogP contribution in [-0.2, 0) is 9.59 Å². The summed E-state index contributed by atoms with van der Waals surface area (Å²) in [6.07, 6.45) is 0.614. The zero-order chi connectivity index (χ0) is 24.4. The molecule has 2 saturated heterocycles. The number of fused-ring (bicyclic) bond motifs is 1. The van der Waals surface area contributed by atoms with Crippen molar-refractivity contribution in [3.05, 3.63) is 59.1 Å². The number of likely N-dealkylation sites (tertiary alicyclic amines) is 1. The van der Waals surface area contributed by atoms with Gasteiger partial charge < -0.3 is 24.2 Å². The van der Waals surface area contributed by atoms with Gasteiger partial charge in [0.1, 0.15) is 6.61 Å². The molecule has 0 unspecified atom stereocenters. The summed E-state index contributed by atoms with van der Waals surface area (Å²) < 4.78 is 11.5. The lowest BCUT2D eigenvalue weighted by Crippen LogP contribution is -2.56. The minimum Gasteiger partial charge on any atom is -0.485 e. The molecule has 2 aromatic carbocycles. The Balaban J connectivity index is 1.09. The van der Waals surface area contributed by atoms with Gasteiger partial charge in [-0.15, -0.1) is 0 Å². The van der Waals surface area contributed by atoms with E-state index in [1.807, 2.05) is 23.1 Å². The van der Waals surface area contributed by atoms with Crippen molar-refractivity contribution in [1.29, 1.82) is 0 Å². The molecule has 2 fully saturated rings.